The van der Waals surface area contributed by atoms with E-state index < -0.39 is 0 Å². The first-order valence-electron chi connectivity index (χ1n) is 47.5. The van der Waals surface area contributed by atoms with E-state index in [4.69, 9.17) is 56.7 Å². The summed E-state index contributed by atoms with van der Waals surface area (Å²) >= 11 is 0. The van der Waals surface area contributed by atoms with Gasteiger partial charge >= 0.3 is 0 Å². The molecule has 12 nitrogen and oxygen atoms in total. The highest BCUT2D eigenvalue weighted by Gasteiger charge is 2.21. The van der Waals surface area contributed by atoms with Crippen LogP contribution in [0.15, 0.2) is 510 Å². The van der Waals surface area contributed by atoms with Crippen LogP contribution in [0, 0.1) is 29.2 Å². The van der Waals surface area contributed by atoms with Crippen molar-refractivity contribution < 1.29 is 0 Å². The minimum absolute atomic E-state index is 0.630. The molecule has 0 N–H and O–H groups in total. The van der Waals surface area contributed by atoms with Gasteiger partial charge in [0.25, 0.3) is 0 Å². The third-order valence-electron chi connectivity index (χ3n) is 25.8. The van der Waals surface area contributed by atoms with Crippen LogP contribution in [0.5, 0.6) is 0 Å². The first-order chi connectivity index (χ1) is 71.2. The van der Waals surface area contributed by atoms with Crippen molar-refractivity contribution in [3.63, 3.8) is 0 Å². The molecule has 0 amide bonds. The summed E-state index contributed by atoms with van der Waals surface area (Å²) in [7, 11) is 0. The second-order valence-electron chi connectivity index (χ2n) is 34.7. The number of hydrogen-bond acceptors (Lipinski definition) is 11. The van der Waals surface area contributed by atoms with Gasteiger partial charge in [0.2, 0.25) is 0 Å². The molecule has 12 heteroatoms. The Balaban J connectivity index is 0.000000123. The summed E-state index contributed by atoms with van der Waals surface area (Å²) in [4.78, 5) is 47.7. The number of aromatic nitrogens is 9. The monoisotopic (exact) mass is 1840 g/mol. The minimum Gasteiger partial charge on any atom is -0.238 e. The molecule has 0 atom stereocenters. The summed E-state index contributed by atoms with van der Waals surface area (Å²) in [5, 5.41) is 25.6. The summed E-state index contributed by atoms with van der Waals surface area (Å²) in [6.07, 6.45) is 0. The Kier molecular flexibility index (Phi) is 25.4. The maximum absolute atomic E-state index is 9.33. The van der Waals surface area contributed by atoms with E-state index in [2.05, 4.69) is 272 Å². The summed E-state index contributed by atoms with van der Waals surface area (Å²) in [5.74, 6) is 5.77. The van der Waals surface area contributed by atoms with Gasteiger partial charge in [-0.05, 0) is 175 Å². The van der Waals surface area contributed by atoms with Gasteiger partial charge in [0.15, 0.2) is 58.1 Å². The summed E-state index contributed by atoms with van der Waals surface area (Å²) in [6.45, 7) is 7.35. The smallest absolute Gasteiger partial charge is 0.187 e. The van der Waals surface area contributed by atoms with E-state index in [1.54, 1.807) is 0 Å². The van der Waals surface area contributed by atoms with Crippen molar-refractivity contribution in [2.75, 3.05) is 0 Å². The van der Waals surface area contributed by atoms with Gasteiger partial charge in [-0.25, -0.2) is 49.7 Å². The summed E-state index contributed by atoms with van der Waals surface area (Å²) in [6, 6.07) is 178. The Morgan fingerprint density at radius 1 is 0.146 bits per heavy atom. The molecule has 3 aromatic heterocycles. The lowest BCUT2D eigenvalue weighted by atomic mass is 9.91. The third-order valence-corrected chi connectivity index (χ3v) is 25.8. The molecule has 0 aliphatic heterocycles. The number of fused-ring (bicyclic) bond motifs is 3. The highest BCUT2D eigenvalue weighted by molar-refractivity contribution is 6.08. The van der Waals surface area contributed by atoms with E-state index in [9.17, 15) is 5.26 Å². The zero-order valence-electron chi connectivity index (χ0n) is 77.9. The molecule has 0 radical (unpaired) electrons. The average Bonchev–Trinajstić information content (AvgIpc) is 0.678. The fourth-order valence-electron chi connectivity index (χ4n) is 18.5. The molecular formula is C132H84N12. The van der Waals surface area contributed by atoms with Crippen molar-refractivity contribution in [1.29, 1.82) is 10.5 Å². The van der Waals surface area contributed by atoms with Crippen LogP contribution in [0.4, 0.5) is 5.69 Å². The molecule has 144 heavy (non-hydrogen) atoms. The van der Waals surface area contributed by atoms with Crippen LogP contribution in [0.3, 0.4) is 0 Å². The predicted molar refractivity (Wildman–Crippen MR) is 586 cm³/mol. The highest BCUT2D eigenvalue weighted by Crippen LogP contribution is 2.43. The van der Waals surface area contributed by atoms with Crippen LogP contribution in [-0.2, 0) is 0 Å². The zero-order valence-corrected chi connectivity index (χ0v) is 77.9. The zero-order chi connectivity index (χ0) is 96.9. The fourth-order valence-corrected chi connectivity index (χ4v) is 18.5. The number of benzene rings is 21. The quantitative estimate of drug-likeness (QED) is 0.0750. The normalized spacial score (nSPS) is 10.9. The largest absolute Gasteiger partial charge is 0.238 e. The molecule has 0 bridgehead atoms. The molecule has 24 rings (SSSR count). The maximum Gasteiger partial charge on any atom is 0.187 e. The lowest BCUT2D eigenvalue weighted by Crippen LogP contribution is -2.00. The molecule has 0 fully saturated rings. The van der Waals surface area contributed by atoms with Crippen molar-refractivity contribution in [3.8, 4) is 215 Å². The molecule has 0 spiro atoms. The van der Waals surface area contributed by atoms with Crippen LogP contribution < -0.4 is 0 Å². The van der Waals surface area contributed by atoms with Crippen LogP contribution in [0.25, 0.3) is 240 Å². The topological polar surface area (TPSA) is 168 Å². The minimum atomic E-state index is 0.630. The van der Waals surface area contributed by atoms with Gasteiger partial charge in [0, 0.05) is 50.1 Å². The van der Waals surface area contributed by atoms with E-state index in [-0.39, 0.29) is 0 Å². The first-order valence-corrected chi connectivity index (χ1v) is 47.5. The van der Waals surface area contributed by atoms with Crippen molar-refractivity contribution in [2.45, 2.75) is 0 Å². The highest BCUT2D eigenvalue weighted by atomic mass is 15.1. The molecular weight excluding hydrogens is 1750 g/mol. The number of hydrogen-bond donors (Lipinski definition) is 0. The first kappa shape index (κ1) is 89.1. The summed E-state index contributed by atoms with van der Waals surface area (Å²) < 4.78 is 0. The van der Waals surface area contributed by atoms with Gasteiger partial charge in [-0.3, -0.25) is 0 Å². The van der Waals surface area contributed by atoms with Gasteiger partial charge in [-0.15, -0.1) is 0 Å². The number of rotatable bonds is 18. The Labute approximate surface area is 834 Å². The van der Waals surface area contributed by atoms with Gasteiger partial charge in [-0.1, -0.05) is 467 Å². The third kappa shape index (κ3) is 19.3. The Morgan fingerprint density at radius 2 is 0.340 bits per heavy atom. The van der Waals surface area contributed by atoms with E-state index in [0.717, 1.165) is 128 Å². The van der Waals surface area contributed by atoms with Gasteiger partial charge in [-0.2, -0.15) is 10.5 Å². The van der Waals surface area contributed by atoms with Crippen molar-refractivity contribution in [1.82, 2.24) is 44.9 Å². The lowest BCUT2D eigenvalue weighted by Gasteiger charge is -2.13. The second-order valence-corrected chi connectivity index (χ2v) is 34.7. The average molecular weight is 1840 g/mol. The molecule has 21 aromatic carbocycles. The molecule has 672 valence electrons. The SMILES string of the molecule is N#Cc1ccc(-c2ccc(-c3cccc4c(-c5cccc(-c6nc(-c7ccccc7)nc(-c7ccccc7)n6)c5)cccc34)cc2)cc1.N#Cc1cccc(-c2ccc(-c3cccc4c(-c5cccc(-c6nc(-c7ccccc7)nc(-c7ccccc7)n6)c5)cccc34)cc2)c1.[C-]#[N+]c1cccc(-c2ccc(-c3cccc4c(-c5ccc(-c6nc(-c7ccccc7)nc(-c7ccccc7)n6)cc5)cccc34)cc2)c1. The van der Waals surface area contributed by atoms with Crippen LogP contribution in [0.2, 0.25) is 0 Å². The maximum atomic E-state index is 9.33. The standard InChI is InChI=1S/3C44H28N4/c1-45-37-16-8-15-36(29-37)30-21-23-31(24-22-30)38-17-9-20-41-39(18-10-19-40(38)41)32-25-27-35(28-26-32)44-47-42(33-11-4-2-5-12-33)46-43(48-44)34-13-6-3-7-14-34;45-29-30-11-7-16-35(27-30)31-23-25-32(26-24-31)38-19-9-22-41-39(20-10-21-40(38)41)36-17-8-18-37(28-36)44-47-42(33-12-3-1-4-13-33)46-43(48-44)34-14-5-2-6-15-34;45-29-30-20-22-31(23-21-30)32-24-26-33(27-25-32)38-16-8-19-41-39(17-9-18-40(38)41)36-14-7-15-37(28-36)44-47-42(34-10-3-1-4-11-34)46-43(48-44)35-12-5-2-6-13-35/h2-29H;2*1-28H. The second kappa shape index (κ2) is 41.1. The van der Waals surface area contributed by atoms with Crippen molar-refractivity contribution in [3.05, 3.63) is 532 Å². The number of nitrogens with zero attached hydrogens (tertiary/aromatic N) is 12. The predicted octanol–water partition coefficient (Wildman–Crippen LogP) is 33.4. The van der Waals surface area contributed by atoms with Crippen molar-refractivity contribution in [2.24, 2.45) is 0 Å². The molecule has 0 saturated heterocycles. The molecule has 24 aromatic rings. The molecule has 0 aliphatic carbocycles. The van der Waals surface area contributed by atoms with E-state index >= 15 is 0 Å². The van der Waals surface area contributed by atoms with Crippen LogP contribution in [-0.4, -0.2) is 44.9 Å². The van der Waals surface area contributed by atoms with Crippen LogP contribution >= 0.6 is 0 Å². The fraction of sp³-hybridized carbons (Fsp3) is 0. The molecule has 0 aliphatic rings. The number of nitriles is 2. The Hall–Kier alpha value is -20.1. The van der Waals surface area contributed by atoms with Crippen LogP contribution in [0.1, 0.15) is 11.1 Å². The summed E-state index contributed by atoms with van der Waals surface area (Å²) in [5.41, 5.74) is 30.6. The van der Waals surface area contributed by atoms with E-state index in [1.165, 1.54) is 54.6 Å². The van der Waals surface area contributed by atoms with E-state index in [0.29, 0.717) is 69.2 Å². The van der Waals surface area contributed by atoms with E-state index in [1.807, 2.05) is 255 Å². The molecule has 0 unspecified atom stereocenters. The van der Waals surface area contributed by atoms with Gasteiger partial charge < -0.3 is 0 Å². The Morgan fingerprint density at radius 3 is 0.618 bits per heavy atom. The lowest BCUT2D eigenvalue weighted by molar-refractivity contribution is 1.07. The Bertz CT molecular complexity index is 8790. The van der Waals surface area contributed by atoms with Gasteiger partial charge in [0.05, 0.1) is 29.8 Å². The van der Waals surface area contributed by atoms with Gasteiger partial charge in [0.1, 0.15) is 0 Å². The molecule has 3 heterocycles. The van der Waals surface area contributed by atoms with Crippen molar-refractivity contribution >= 4 is 38.0 Å². The molecule has 0 saturated carbocycles.